The van der Waals surface area contributed by atoms with Crippen LogP contribution < -0.4 is 5.43 Å². The van der Waals surface area contributed by atoms with Gasteiger partial charge in [-0.3, -0.25) is 9.36 Å². The van der Waals surface area contributed by atoms with Crippen LogP contribution in [0.2, 0.25) is 10.0 Å². The Bertz CT molecular complexity index is 1290. The summed E-state index contributed by atoms with van der Waals surface area (Å²) < 4.78 is 1.95. The first-order chi connectivity index (χ1) is 16.0. The van der Waals surface area contributed by atoms with Crippen molar-refractivity contribution in [2.75, 3.05) is 5.75 Å². The number of nitrogens with zero attached hydrogens (tertiary/aromatic N) is 4. The summed E-state index contributed by atoms with van der Waals surface area (Å²) in [6, 6.07) is 23.0. The van der Waals surface area contributed by atoms with Crippen molar-refractivity contribution in [3.63, 3.8) is 0 Å². The highest BCUT2D eigenvalue weighted by Gasteiger charge is 2.17. The first-order valence-corrected chi connectivity index (χ1v) is 11.7. The molecule has 4 rings (SSSR count). The molecule has 1 N–H and O–H groups in total. The molecule has 0 aliphatic rings. The highest BCUT2D eigenvalue weighted by molar-refractivity contribution is 7.99. The number of hydrogen-bond donors (Lipinski definition) is 1. The molecule has 0 unspecified atom stereocenters. The largest absolute Gasteiger partial charge is 0.272 e. The zero-order valence-corrected chi connectivity index (χ0v) is 19.9. The van der Waals surface area contributed by atoms with Crippen molar-refractivity contribution < 1.29 is 4.79 Å². The molecular formula is C24H19Cl2N5OS. The van der Waals surface area contributed by atoms with Gasteiger partial charge in [0.2, 0.25) is 0 Å². The third-order valence-corrected chi connectivity index (χ3v) is 6.30. The molecule has 6 nitrogen and oxygen atoms in total. The van der Waals surface area contributed by atoms with Gasteiger partial charge in [0, 0.05) is 11.3 Å². The summed E-state index contributed by atoms with van der Waals surface area (Å²) in [6.07, 6.45) is 1.51. The number of rotatable bonds is 7. The maximum atomic E-state index is 12.3. The lowest BCUT2D eigenvalue weighted by atomic mass is 10.1. The fourth-order valence-corrected chi connectivity index (χ4v) is 4.05. The van der Waals surface area contributed by atoms with Gasteiger partial charge >= 0.3 is 0 Å². The molecule has 0 aliphatic carbocycles. The van der Waals surface area contributed by atoms with Crippen LogP contribution in [0.15, 0.2) is 83.1 Å². The average Bonchev–Trinajstić information content (AvgIpc) is 3.25. The van der Waals surface area contributed by atoms with Crippen molar-refractivity contribution in [3.05, 3.63) is 94.0 Å². The van der Waals surface area contributed by atoms with E-state index in [9.17, 15) is 4.79 Å². The second kappa shape index (κ2) is 10.7. The van der Waals surface area contributed by atoms with E-state index in [2.05, 4.69) is 20.7 Å². The third-order valence-electron chi connectivity index (χ3n) is 4.64. The fourth-order valence-electron chi connectivity index (χ4n) is 3.00. The first-order valence-electron chi connectivity index (χ1n) is 9.99. The summed E-state index contributed by atoms with van der Waals surface area (Å²) in [5.74, 6) is 0.565. The molecule has 0 aliphatic heterocycles. The predicted octanol–water partition coefficient (Wildman–Crippen LogP) is 5.79. The number of benzene rings is 3. The number of amides is 1. The Hall–Kier alpha value is -3.13. The van der Waals surface area contributed by atoms with Gasteiger partial charge in [-0.1, -0.05) is 89.1 Å². The first kappa shape index (κ1) is 23.0. The van der Waals surface area contributed by atoms with E-state index in [-0.39, 0.29) is 11.7 Å². The summed E-state index contributed by atoms with van der Waals surface area (Å²) in [7, 11) is 0. The number of hydrazone groups is 1. The molecule has 1 heterocycles. The maximum Gasteiger partial charge on any atom is 0.250 e. The Kier molecular flexibility index (Phi) is 7.44. The monoisotopic (exact) mass is 495 g/mol. The summed E-state index contributed by atoms with van der Waals surface area (Å²) in [5.41, 5.74) is 6.26. The van der Waals surface area contributed by atoms with Gasteiger partial charge in [0.05, 0.1) is 22.0 Å². The molecule has 0 saturated heterocycles. The Morgan fingerprint density at radius 2 is 1.79 bits per heavy atom. The molecule has 0 bridgehead atoms. The van der Waals surface area contributed by atoms with Crippen molar-refractivity contribution in [1.29, 1.82) is 0 Å². The average molecular weight is 496 g/mol. The Labute approximate surface area is 205 Å². The van der Waals surface area contributed by atoms with Gasteiger partial charge in [0.15, 0.2) is 11.0 Å². The second-order valence-corrected chi connectivity index (χ2v) is 8.86. The minimum absolute atomic E-state index is 0.123. The molecule has 1 amide bonds. The van der Waals surface area contributed by atoms with E-state index >= 15 is 0 Å². The topological polar surface area (TPSA) is 72.2 Å². The van der Waals surface area contributed by atoms with Crippen LogP contribution in [0.4, 0.5) is 0 Å². The molecule has 0 fully saturated rings. The zero-order valence-electron chi connectivity index (χ0n) is 17.6. The zero-order chi connectivity index (χ0) is 23.2. The van der Waals surface area contributed by atoms with Crippen molar-refractivity contribution in [3.8, 4) is 17.1 Å². The van der Waals surface area contributed by atoms with Crippen molar-refractivity contribution in [2.24, 2.45) is 5.10 Å². The highest BCUT2D eigenvalue weighted by Crippen LogP contribution is 2.28. The van der Waals surface area contributed by atoms with Crippen molar-refractivity contribution in [1.82, 2.24) is 20.2 Å². The van der Waals surface area contributed by atoms with Gasteiger partial charge in [-0.15, -0.1) is 10.2 Å². The van der Waals surface area contributed by atoms with E-state index in [1.54, 1.807) is 18.2 Å². The number of hydrogen-bond acceptors (Lipinski definition) is 5. The smallest absolute Gasteiger partial charge is 0.250 e. The highest BCUT2D eigenvalue weighted by atomic mass is 35.5. The Balaban J connectivity index is 1.48. The minimum Gasteiger partial charge on any atom is -0.272 e. The normalized spacial score (nSPS) is 11.1. The maximum absolute atomic E-state index is 12.3. The summed E-state index contributed by atoms with van der Waals surface area (Å²) >= 11 is 13.2. The fraction of sp³-hybridized carbons (Fsp3) is 0.0833. The van der Waals surface area contributed by atoms with Crippen LogP contribution in [-0.4, -0.2) is 32.6 Å². The van der Waals surface area contributed by atoms with Crippen LogP contribution in [0, 0.1) is 6.92 Å². The van der Waals surface area contributed by atoms with Crippen LogP contribution in [-0.2, 0) is 4.79 Å². The lowest BCUT2D eigenvalue weighted by Gasteiger charge is -2.10. The molecule has 0 saturated carbocycles. The number of para-hydroxylation sites is 1. The van der Waals surface area contributed by atoms with Gasteiger partial charge in [-0.2, -0.15) is 5.10 Å². The van der Waals surface area contributed by atoms with Crippen LogP contribution in [0.25, 0.3) is 17.1 Å². The van der Waals surface area contributed by atoms with Crippen LogP contribution >= 0.6 is 35.0 Å². The van der Waals surface area contributed by atoms with Gasteiger partial charge < -0.3 is 0 Å². The minimum atomic E-state index is -0.268. The SMILES string of the molecule is Cc1ccc(-c2nnc(SCC(=O)NN=Cc3ccc(Cl)c(Cl)c3)n2-c2ccccc2)cc1. The third kappa shape index (κ3) is 5.82. The molecule has 9 heteroatoms. The molecule has 1 aromatic heterocycles. The molecule has 0 atom stereocenters. The number of aryl methyl sites for hydroxylation is 1. The number of thioether (sulfide) groups is 1. The summed E-state index contributed by atoms with van der Waals surface area (Å²) in [5, 5.41) is 14.2. The van der Waals surface area contributed by atoms with Crippen LogP contribution in [0.5, 0.6) is 0 Å². The van der Waals surface area contributed by atoms with Gasteiger partial charge in [-0.05, 0) is 36.8 Å². The van der Waals surface area contributed by atoms with E-state index < -0.39 is 0 Å². The quantitative estimate of drug-likeness (QED) is 0.200. The number of nitrogens with one attached hydrogen (secondary N) is 1. The van der Waals surface area contributed by atoms with Gasteiger partial charge in [-0.25, -0.2) is 5.43 Å². The van der Waals surface area contributed by atoms with Gasteiger partial charge in [0.1, 0.15) is 0 Å². The lowest BCUT2D eigenvalue weighted by Crippen LogP contribution is -2.20. The molecular weight excluding hydrogens is 477 g/mol. The summed E-state index contributed by atoms with van der Waals surface area (Å²) in [4.78, 5) is 12.3. The van der Waals surface area contributed by atoms with Crippen molar-refractivity contribution in [2.45, 2.75) is 12.1 Å². The predicted molar refractivity (Wildman–Crippen MR) is 134 cm³/mol. The number of carbonyl (C=O) groups is 1. The van der Waals surface area contributed by atoms with E-state index in [4.69, 9.17) is 23.2 Å². The molecule has 4 aromatic rings. The molecule has 0 spiro atoms. The number of aromatic nitrogens is 3. The van der Waals surface area contributed by atoms with Crippen molar-refractivity contribution >= 4 is 47.1 Å². The molecule has 0 radical (unpaired) electrons. The summed E-state index contributed by atoms with van der Waals surface area (Å²) in [6.45, 7) is 2.04. The van der Waals surface area contributed by atoms with E-state index in [1.165, 1.54) is 18.0 Å². The van der Waals surface area contributed by atoms with Crippen LogP contribution in [0.3, 0.4) is 0 Å². The molecule has 166 valence electrons. The lowest BCUT2D eigenvalue weighted by molar-refractivity contribution is -0.118. The number of carbonyl (C=O) groups excluding carboxylic acids is 1. The molecule has 33 heavy (non-hydrogen) atoms. The van der Waals surface area contributed by atoms with E-state index in [0.29, 0.717) is 21.0 Å². The number of halogens is 2. The second-order valence-electron chi connectivity index (χ2n) is 7.10. The van der Waals surface area contributed by atoms with E-state index in [1.807, 2.05) is 66.1 Å². The van der Waals surface area contributed by atoms with Crippen LogP contribution in [0.1, 0.15) is 11.1 Å². The Morgan fingerprint density at radius 3 is 2.52 bits per heavy atom. The Morgan fingerprint density at radius 1 is 1.03 bits per heavy atom. The van der Waals surface area contributed by atoms with E-state index in [0.717, 1.165) is 22.4 Å². The van der Waals surface area contributed by atoms with Gasteiger partial charge in [0.25, 0.3) is 5.91 Å². The standard InChI is InChI=1S/C24H19Cl2N5OS/c1-16-7-10-18(11-8-16)23-29-30-24(31(23)19-5-3-2-4-6-19)33-15-22(32)28-27-14-17-9-12-20(25)21(26)13-17/h2-14H,15H2,1H3,(H,28,32). The molecule has 3 aromatic carbocycles.